The van der Waals surface area contributed by atoms with Gasteiger partial charge >= 0.3 is 0 Å². The van der Waals surface area contributed by atoms with Crippen LogP contribution in [0.3, 0.4) is 0 Å². The Morgan fingerprint density at radius 1 is 1.60 bits per heavy atom. The van der Waals surface area contributed by atoms with Gasteiger partial charge in [-0.2, -0.15) is 0 Å². The van der Waals surface area contributed by atoms with Crippen molar-refractivity contribution in [3.63, 3.8) is 0 Å². The van der Waals surface area contributed by atoms with Crippen molar-refractivity contribution in [3.05, 3.63) is 22.8 Å². The van der Waals surface area contributed by atoms with E-state index in [1.165, 1.54) is 6.20 Å². The lowest BCUT2D eigenvalue weighted by Crippen LogP contribution is -2.12. The van der Waals surface area contributed by atoms with Gasteiger partial charge in [-0.15, -0.1) is 0 Å². The van der Waals surface area contributed by atoms with Gasteiger partial charge in [0, 0.05) is 11.8 Å². The summed E-state index contributed by atoms with van der Waals surface area (Å²) in [6, 6.07) is 1.68. The molecule has 0 fully saturated rings. The molecule has 1 aromatic heterocycles. The Bertz CT molecular complexity index is 330. The van der Waals surface area contributed by atoms with E-state index < -0.39 is 6.10 Å². The Kier molecular flexibility index (Phi) is 4.36. The third-order valence-corrected chi connectivity index (χ3v) is 2.72. The molecule has 4 heteroatoms. The minimum atomic E-state index is -0.587. The van der Waals surface area contributed by atoms with E-state index in [9.17, 15) is 5.11 Å². The highest BCUT2D eigenvalue weighted by Gasteiger charge is 2.18. The van der Waals surface area contributed by atoms with Crippen molar-refractivity contribution in [2.24, 2.45) is 5.92 Å². The summed E-state index contributed by atoms with van der Waals surface area (Å²) < 4.78 is 0. The second-order valence-electron chi connectivity index (χ2n) is 3.84. The molecule has 0 radical (unpaired) electrons. The fraction of sp³-hybridized carbons (Fsp3) is 0.545. The number of aliphatic hydroxyl groups excluding tert-OH is 1. The Balaban J connectivity index is 2.89. The number of hydrogen-bond donors (Lipinski definition) is 2. The Morgan fingerprint density at radius 2 is 2.27 bits per heavy atom. The van der Waals surface area contributed by atoms with Crippen LogP contribution in [0.5, 0.6) is 0 Å². The molecule has 0 aliphatic carbocycles. The molecule has 0 saturated heterocycles. The lowest BCUT2D eigenvalue weighted by Gasteiger charge is -2.19. The predicted molar refractivity (Wildman–Crippen MR) is 62.7 cm³/mol. The fourth-order valence-corrected chi connectivity index (χ4v) is 1.79. The average Bonchev–Trinajstić information content (AvgIpc) is 2.21. The smallest absolute Gasteiger partial charge is 0.129 e. The van der Waals surface area contributed by atoms with E-state index in [-0.39, 0.29) is 5.92 Å². The maximum absolute atomic E-state index is 10.0. The normalized spacial score (nSPS) is 14.9. The summed E-state index contributed by atoms with van der Waals surface area (Å²) in [5.74, 6) is 0.521. The van der Waals surface area contributed by atoms with Gasteiger partial charge in [0.25, 0.3) is 0 Å². The SMILES string of the molecule is CCCC(C)C(O)c1cc(Cl)cnc1N. The van der Waals surface area contributed by atoms with Gasteiger partial charge in [0.15, 0.2) is 0 Å². The summed E-state index contributed by atoms with van der Waals surface area (Å²) in [5, 5.41) is 10.5. The third kappa shape index (κ3) is 3.08. The summed E-state index contributed by atoms with van der Waals surface area (Å²) in [6.45, 7) is 4.08. The molecule has 84 valence electrons. The van der Waals surface area contributed by atoms with Gasteiger partial charge in [-0.3, -0.25) is 0 Å². The Hall–Kier alpha value is -0.800. The van der Waals surface area contributed by atoms with Crippen molar-refractivity contribution in [2.75, 3.05) is 5.73 Å². The number of aromatic nitrogens is 1. The van der Waals surface area contributed by atoms with Crippen LogP contribution in [0.25, 0.3) is 0 Å². The molecule has 0 bridgehead atoms. The number of aliphatic hydroxyl groups is 1. The quantitative estimate of drug-likeness (QED) is 0.833. The number of halogens is 1. The van der Waals surface area contributed by atoms with E-state index in [4.69, 9.17) is 17.3 Å². The van der Waals surface area contributed by atoms with Gasteiger partial charge in [0.1, 0.15) is 5.82 Å². The zero-order chi connectivity index (χ0) is 11.4. The average molecular weight is 229 g/mol. The van der Waals surface area contributed by atoms with Crippen LogP contribution in [0.15, 0.2) is 12.3 Å². The van der Waals surface area contributed by atoms with Crippen molar-refractivity contribution >= 4 is 17.4 Å². The highest BCUT2D eigenvalue weighted by molar-refractivity contribution is 6.30. The Labute approximate surface area is 95.3 Å². The molecule has 0 aromatic carbocycles. The van der Waals surface area contributed by atoms with Crippen LogP contribution in [0.4, 0.5) is 5.82 Å². The lowest BCUT2D eigenvalue weighted by atomic mass is 9.94. The first-order chi connectivity index (χ1) is 7.06. The van der Waals surface area contributed by atoms with E-state index in [0.717, 1.165) is 12.8 Å². The molecule has 1 rings (SSSR count). The molecule has 0 amide bonds. The zero-order valence-electron chi connectivity index (χ0n) is 9.07. The molecule has 3 N–H and O–H groups in total. The second-order valence-corrected chi connectivity index (χ2v) is 4.28. The molecule has 0 saturated carbocycles. The van der Waals surface area contributed by atoms with Gasteiger partial charge in [0.05, 0.1) is 11.1 Å². The summed E-state index contributed by atoms with van der Waals surface area (Å²) in [6.07, 6.45) is 2.88. The minimum Gasteiger partial charge on any atom is -0.388 e. The first-order valence-electron chi connectivity index (χ1n) is 5.15. The van der Waals surface area contributed by atoms with Gasteiger partial charge in [0.2, 0.25) is 0 Å². The lowest BCUT2D eigenvalue weighted by molar-refractivity contribution is 0.113. The van der Waals surface area contributed by atoms with Crippen LogP contribution in [-0.2, 0) is 0 Å². The van der Waals surface area contributed by atoms with Gasteiger partial charge in [-0.05, 0) is 18.4 Å². The summed E-state index contributed by atoms with van der Waals surface area (Å²) in [5.41, 5.74) is 6.32. The molecular weight excluding hydrogens is 212 g/mol. The number of nitrogens with two attached hydrogens (primary N) is 1. The van der Waals surface area contributed by atoms with Crippen molar-refractivity contribution in [3.8, 4) is 0 Å². The van der Waals surface area contributed by atoms with Crippen molar-refractivity contribution in [2.45, 2.75) is 32.8 Å². The number of nitrogens with zero attached hydrogens (tertiary/aromatic N) is 1. The molecule has 15 heavy (non-hydrogen) atoms. The maximum Gasteiger partial charge on any atom is 0.129 e. The molecule has 1 heterocycles. The van der Waals surface area contributed by atoms with Crippen molar-refractivity contribution in [1.29, 1.82) is 0 Å². The molecule has 0 aliphatic rings. The molecule has 0 aliphatic heterocycles. The van der Waals surface area contributed by atoms with Gasteiger partial charge < -0.3 is 10.8 Å². The maximum atomic E-state index is 10.0. The minimum absolute atomic E-state index is 0.164. The monoisotopic (exact) mass is 228 g/mol. The molecule has 0 spiro atoms. The molecule has 3 nitrogen and oxygen atoms in total. The van der Waals surface area contributed by atoms with Crippen LogP contribution in [0.1, 0.15) is 38.4 Å². The van der Waals surface area contributed by atoms with Gasteiger partial charge in [-0.25, -0.2) is 4.98 Å². The van der Waals surface area contributed by atoms with E-state index in [1.54, 1.807) is 6.07 Å². The van der Waals surface area contributed by atoms with Crippen molar-refractivity contribution < 1.29 is 5.11 Å². The molecule has 2 atom stereocenters. The van der Waals surface area contributed by atoms with Crippen LogP contribution in [0, 0.1) is 5.92 Å². The second kappa shape index (κ2) is 5.33. The number of nitrogen functional groups attached to an aromatic ring is 1. The third-order valence-electron chi connectivity index (χ3n) is 2.52. The first-order valence-corrected chi connectivity index (χ1v) is 5.53. The van der Waals surface area contributed by atoms with E-state index in [1.807, 2.05) is 6.92 Å². The van der Waals surface area contributed by atoms with E-state index >= 15 is 0 Å². The molecular formula is C11H17ClN2O. The van der Waals surface area contributed by atoms with Crippen LogP contribution < -0.4 is 5.73 Å². The summed E-state index contributed by atoms with van der Waals surface area (Å²) in [4.78, 5) is 3.93. The molecule has 2 unspecified atom stereocenters. The van der Waals surface area contributed by atoms with Crippen molar-refractivity contribution in [1.82, 2.24) is 4.98 Å². The topological polar surface area (TPSA) is 59.1 Å². The van der Waals surface area contributed by atoms with Crippen LogP contribution >= 0.6 is 11.6 Å². The van der Waals surface area contributed by atoms with E-state index in [0.29, 0.717) is 16.4 Å². The Morgan fingerprint density at radius 3 is 2.87 bits per heavy atom. The molecule has 1 aromatic rings. The first kappa shape index (κ1) is 12.3. The van der Waals surface area contributed by atoms with Crippen LogP contribution in [-0.4, -0.2) is 10.1 Å². The standard InChI is InChI=1S/C11H17ClN2O/c1-3-4-7(2)10(15)9-5-8(12)6-14-11(9)13/h5-7,10,15H,3-4H2,1-2H3,(H2,13,14). The summed E-state index contributed by atoms with van der Waals surface area (Å²) in [7, 11) is 0. The summed E-state index contributed by atoms with van der Waals surface area (Å²) >= 11 is 5.81. The number of pyridine rings is 1. The number of rotatable bonds is 4. The van der Waals surface area contributed by atoms with E-state index in [2.05, 4.69) is 11.9 Å². The number of anilines is 1. The fourth-order valence-electron chi connectivity index (χ4n) is 1.62. The highest BCUT2D eigenvalue weighted by atomic mass is 35.5. The highest BCUT2D eigenvalue weighted by Crippen LogP contribution is 2.29. The van der Waals surface area contributed by atoms with Gasteiger partial charge in [-0.1, -0.05) is 31.9 Å². The number of hydrogen-bond acceptors (Lipinski definition) is 3. The zero-order valence-corrected chi connectivity index (χ0v) is 9.83. The predicted octanol–water partition coefficient (Wildman–Crippen LogP) is 2.79. The largest absolute Gasteiger partial charge is 0.388 e. The van der Waals surface area contributed by atoms with Crippen LogP contribution in [0.2, 0.25) is 5.02 Å².